The van der Waals surface area contributed by atoms with Crippen molar-refractivity contribution < 1.29 is 4.79 Å². The van der Waals surface area contributed by atoms with Crippen LogP contribution >= 0.6 is 0 Å². The van der Waals surface area contributed by atoms with Gasteiger partial charge in [0, 0.05) is 36.8 Å². The molecule has 0 spiro atoms. The van der Waals surface area contributed by atoms with Crippen LogP contribution in [0.3, 0.4) is 0 Å². The molecule has 29 heavy (non-hydrogen) atoms. The van der Waals surface area contributed by atoms with Crippen LogP contribution in [-0.4, -0.2) is 28.9 Å². The number of benzene rings is 1. The van der Waals surface area contributed by atoms with Gasteiger partial charge in [-0.05, 0) is 48.3 Å². The van der Waals surface area contributed by atoms with Crippen LogP contribution in [0.4, 0.5) is 0 Å². The second kappa shape index (κ2) is 7.83. The smallest absolute Gasteiger partial charge is 0.222 e. The predicted octanol–water partition coefficient (Wildman–Crippen LogP) is 4.77. The molecule has 4 rings (SSSR count). The van der Waals surface area contributed by atoms with Crippen LogP contribution < -0.4 is 0 Å². The van der Waals surface area contributed by atoms with Gasteiger partial charge >= 0.3 is 0 Å². The molecule has 148 valence electrons. The first-order valence-corrected chi connectivity index (χ1v) is 10.4. The van der Waals surface area contributed by atoms with Crippen molar-refractivity contribution >= 4 is 12.0 Å². The van der Waals surface area contributed by atoms with Crippen LogP contribution in [0.25, 0.3) is 17.2 Å². The Morgan fingerprint density at radius 2 is 2.00 bits per heavy atom. The van der Waals surface area contributed by atoms with Gasteiger partial charge in [-0.25, -0.2) is 0 Å². The maximum absolute atomic E-state index is 12.3. The molecule has 2 aliphatic rings. The minimum atomic E-state index is 0.276. The monoisotopic (exact) mass is 385 g/mol. The Balaban J connectivity index is 1.55. The summed E-state index contributed by atoms with van der Waals surface area (Å²) in [4.78, 5) is 18.8. The summed E-state index contributed by atoms with van der Waals surface area (Å²) < 4.78 is 0. The predicted molar refractivity (Wildman–Crippen MR) is 115 cm³/mol. The highest BCUT2D eigenvalue weighted by Crippen LogP contribution is 2.46. The first kappa shape index (κ1) is 19.4. The summed E-state index contributed by atoms with van der Waals surface area (Å²) in [6.45, 7) is 4.62. The van der Waals surface area contributed by atoms with Crippen molar-refractivity contribution in [1.29, 1.82) is 5.26 Å². The Kier molecular flexibility index (Phi) is 5.24. The number of fused-ring (bicyclic) bond motifs is 1. The number of pyridine rings is 1. The molecular weight excluding hydrogens is 358 g/mol. The minimum Gasteiger partial charge on any atom is -0.342 e. The third kappa shape index (κ3) is 3.58. The molecule has 0 bridgehead atoms. The number of nitriles is 1. The molecular formula is C25H27N3O. The van der Waals surface area contributed by atoms with Gasteiger partial charge < -0.3 is 4.90 Å². The first-order valence-electron chi connectivity index (χ1n) is 10.4. The van der Waals surface area contributed by atoms with Gasteiger partial charge in [0.15, 0.2) is 0 Å². The molecule has 1 aromatic carbocycles. The molecule has 4 heteroatoms. The summed E-state index contributed by atoms with van der Waals surface area (Å²) in [6.07, 6.45) is 7.96. The number of aromatic nitrogens is 1. The highest BCUT2D eigenvalue weighted by molar-refractivity contribution is 5.79. The maximum atomic E-state index is 12.3. The molecule has 1 aliphatic heterocycles. The van der Waals surface area contributed by atoms with E-state index in [-0.39, 0.29) is 5.91 Å². The molecule has 5 atom stereocenters. The molecule has 2 heterocycles. The fourth-order valence-electron chi connectivity index (χ4n) is 5.07. The molecule has 4 nitrogen and oxygen atoms in total. The van der Waals surface area contributed by atoms with E-state index in [9.17, 15) is 10.1 Å². The van der Waals surface area contributed by atoms with Gasteiger partial charge in [0.25, 0.3) is 0 Å². The summed E-state index contributed by atoms with van der Waals surface area (Å²) in [5.41, 5.74) is 3.41. The zero-order valence-electron chi connectivity index (χ0n) is 17.2. The normalized spacial score (nSPS) is 29.1. The molecule has 2 aromatic rings. The van der Waals surface area contributed by atoms with Crippen LogP contribution in [0.2, 0.25) is 0 Å². The number of likely N-dealkylation sites (tertiary alicyclic amines) is 1. The Hall–Kier alpha value is -2.93. The van der Waals surface area contributed by atoms with Crippen molar-refractivity contribution in [2.45, 2.75) is 32.7 Å². The van der Waals surface area contributed by atoms with Crippen molar-refractivity contribution in [2.75, 3.05) is 7.05 Å². The molecule has 1 saturated heterocycles. The lowest BCUT2D eigenvalue weighted by Crippen LogP contribution is -2.43. The summed E-state index contributed by atoms with van der Waals surface area (Å²) in [5, 5.41) is 9.31. The maximum Gasteiger partial charge on any atom is 0.222 e. The van der Waals surface area contributed by atoms with Crippen LogP contribution in [-0.2, 0) is 4.79 Å². The van der Waals surface area contributed by atoms with Crippen molar-refractivity contribution in [3.05, 3.63) is 59.9 Å². The van der Waals surface area contributed by atoms with E-state index in [0.717, 1.165) is 23.2 Å². The summed E-state index contributed by atoms with van der Waals surface area (Å²) in [7, 11) is 1.95. The van der Waals surface area contributed by atoms with Gasteiger partial charge in [-0.1, -0.05) is 44.2 Å². The molecule has 1 aliphatic carbocycles. The van der Waals surface area contributed by atoms with E-state index in [0.29, 0.717) is 41.7 Å². The third-order valence-electron chi connectivity index (χ3n) is 7.04. The molecule has 0 radical (unpaired) electrons. The summed E-state index contributed by atoms with van der Waals surface area (Å²) in [6, 6.07) is 14.2. The van der Waals surface area contributed by atoms with E-state index >= 15 is 0 Å². The van der Waals surface area contributed by atoms with E-state index in [1.807, 2.05) is 54.5 Å². The highest BCUT2D eigenvalue weighted by atomic mass is 16.2. The zero-order chi connectivity index (χ0) is 20.5. The van der Waals surface area contributed by atoms with Gasteiger partial charge in [0.05, 0.1) is 17.3 Å². The number of allylic oxidation sites excluding steroid dienone is 1. The number of rotatable bonds is 3. The van der Waals surface area contributed by atoms with Crippen LogP contribution in [0.1, 0.15) is 37.9 Å². The van der Waals surface area contributed by atoms with Crippen LogP contribution in [0.15, 0.2) is 48.7 Å². The van der Waals surface area contributed by atoms with Crippen LogP contribution in [0.5, 0.6) is 0 Å². The van der Waals surface area contributed by atoms with Crippen molar-refractivity contribution in [2.24, 2.45) is 23.7 Å². The van der Waals surface area contributed by atoms with E-state index in [2.05, 4.69) is 37.1 Å². The molecule has 0 N–H and O–H groups in total. The fourth-order valence-corrected chi connectivity index (χ4v) is 5.07. The Labute approximate surface area is 172 Å². The van der Waals surface area contributed by atoms with Gasteiger partial charge in [-0.15, -0.1) is 0 Å². The molecule has 0 unspecified atom stereocenters. The summed E-state index contributed by atoms with van der Waals surface area (Å²) >= 11 is 0. The van der Waals surface area contributed by atoms with Gasteiger partial charge in [-0.3, -0.25) is 9.78 Å². The fraction of sp³-hybridized carbons (Fsp3) is 0.400. The van der Waals surface area contributed by atoms with Crippen LogP contribution in [0, 0.1) is 35.0 Å². The second-order valence-corrected chi connectivity index (χ2v) is 8.58. The lowest BCUT2D eigenvalue weighted by Gasteiger charge is -2.42. The van der Waals surface area contributed by atoms with Gasteiger partial charge in [0.2, 0.25) is 5.91 Å². The van der Waals surface area contributed by atoms with E-state index in [1.54, 1.807) is 0 Å². The lowest BCUT2D eigenvalue weighted by molar-refractivity contribution is -0.127. The largest absolute Gasteiger partial charge is 0.342 e. The van der Waals surface area contributed by atoms with E-state index in [4.69, 9.17) is 0 Å². The summed E-state index contributed by atoms with van der Waals surface area (Å²) in [5.74, 6) is 2.21. The van der Waals surface area contributed by atoms with Crippen molar-refractivity contribution in [1.82, 2.24) is 9.88 Å². The number of carbonyl (C=O) groups is 1. The molecule has 1 aromatic heterocycles. The number of hydrogen-bond donors (Lipinski definition) is 0. The highest BCUT2D eigenvalue weighted by Gasteiger charge is 2.47. The number of carbonyl (C=O) groups excluding carboxylic acids is 1. The zero-order valence-corrected chi connectivity index (χ0v) is 17.2. The SMILES string of the molecule is C[C@H]1[C@H](C=Cc2ccc(-c3ccccc3C#N)cn2)[C@H]2CC(=O)N(C)[C@H]2C[C@@H]1C. The quantitative estimate of drug-likeness (QED) is 0.764. The topological polar surface area (TPSA) is 57.0 Å². The standard InChI is InChI=1S/C25H27N3O/c1-16-12-24-23(13-25(29)28(24)3)21(17(16)2)11-10-20-9-8-19(15-27-20)22-7-5-4-6-18(22)14-26/h4-11,15-17,21,23-24H,12-13H2,1-3H3/t16-,17+,21-,23+,24-/m0/s1. The number of hydrogen-bond acceptors (Lipinski definition) is 3. The molecule has 1 saturated carbocycles. The first-order chi connectivity index (χ1) is 14.0. The van der Waals surface area contributed by atoms with Gasteiger partial charge in [0.1, 0.15) is 0 Å². The van der Waals surface area contributed by atoms with E-state index in [1.165, 1.54) is 0 Å². The molecule has 2 fully saturated rings. The second-order valence-electron chi connectivity index (χ2n) is 8.58. The minimum absolute atomic E-state index is 0.276. The van der Waals surface area contributed by atoms with Gasteiger partial charge in [-0.2, -0.15) is 5.26 Å². The third-order valence-corrected chi connectivity index (χ3v) is 7.04. The Morgan fingerprint density at radius 3 is 2.72 bits per heavy atom. The average molecular weight is 386 g/mol. The van der Waals surface area contributed by atoms with E-state index < -0.39 is 0 Å². The Bertz CT molecular complexity index is 972. The molecule has 1 amide bonds. The number of nitrogens with zero attached hydrogens (tertiary/aromatic N) is 3. The average Bonchev–Trinajstić information content (AvgIpc) is 3.02. The lowest BCUT2D eigenvalue weighted by atomic mass is 9.65. The van der Waals surface area contributed by atoms with Crippen molar-refractivity contribution in [3.8, 4) is 17.2 Å². The Morgan fingerprint density at radius 1 is 1.21 bits per heavy atom. The number of amides is 1. The van der Waals surface area contributed by atoms with Crippen molar-refractivity contribution in [3.63, 3.8) is 0 Å².